The lowest BCUT2D eigenvalue weighted by molar-refractivity contribution is 0.102. The van der Waals surface area contributed by atoms with Crippen LogP contribution in [-0.4, -0.2) is 24.0 Å². The van der Waals surface area contributed by atoms with E-state index in [-0.39, 0.29) is 5.91 Å². The lowest BCUT2D eigenvalue weighted by atomic mass is 9.87. The zero-order valence-electron chi connectivity index (χ0n) is 17.3. The number of fused-ring (bicyclic) bond motifs is 3. The molecule has 29 heavy (non-hydrogen) atoms. The van der Waals surface area contributed by atoms with Crippen molar-refractivity contribution in [2.24, 2.45) is 5.92 Å². The molecule has 0 saturated carbocycles. The standard InChI is InChI=1S/C25H29N3O/c1-16-5-8-23-20(13-16)21-15-18(6-9-24(21)26-23)25(29)27-22-10-7-19(14-17(22)2)28-11-3-4-12-28/h6-7,9-10,14-16,26H,3-5,8,11-13H2,1-2H3,(H,27,29). The third-order valence-corrected chi connectivity index (χ3v) is 6.63. The molecule has 1 aromatic heterocycles. The molecule has 150 valence electrons. The summed E-state index contributed by atoms with van der Waals surface area (Å²) in [7, 11) is 0. The number of aromatic amines is 1. The quantitative estimate of drug-likeness (QED) is 0.627. The van der Waals surface area contributed by atoms with Crippen LogP contribution in [-0.2, 0) is 12.8 Å². The van der Waals surface area contributed by atoms with Crippen LogP contribution in [0.4, 0.5) is 11.4 Å². The summed E-state index contributed by atoms with van der Waals surface area (Å²) in [6.45, 7) is 6.64. The SMILES string of the molecule is Cc1cc(N2CCCC2)ccc1NC(=O)c1ccc2[nH]c3c(c2c1)CC(C)CC3. The Morgan fingerprint density at radius 1 is 1.14 bits per heavy atom. The molecule has 2 N–H and O–H groups in total. The van der Waals surface area contributed by atoms with Gasteiger partial charge in [-0.15, -0.1) is 0 Å². The minimum atomic E-state index is -0.0391. The number of hydrogen-bond donors (Lipinski definition) is 2. The summed E-state index contributed by atoms with van der Waals surface area (Å²) in [5.74, 6) is 0.665. The van der Waals surface area contributed by atoms with Gasteiger partial charge in [-0.1, -0.05) is 6.92 Å². The number of hydrogen-bond acceptors (Lipinski definition) is 2. The number of rotatable bonds is 3. The summed E-state index contributed by atoms with van der Waals surface area (Å²) in [6, 6.07) is 12.4. The van der Waals surface area contributed by atoms with Crippen molar-refractivity contribution in [3.05, 3.63) is 58.8 Å². The second-order valence-corrected chi connectivity index (χ2v) is 8.84. The Morgan fingerprint density at radius 2 is 1.97 bits per heavy atom. The Hall–Kier alpha value is -2.75. The van der Waals surface area contributed by atoms with E-state index in [4.69, 9.17) is 0 Å². The highest BCUT2D eigenvalue weighted by atomic mass is 16.1. The fourth-order valence-corrected chi connectivity index (χ4v) is 4.89. The lowest BCUT2D eigenvalue weighted by Gasteiger charge is -2.19. The zero-order valence-corrected chi connectivity index (χ0v) is 17.3. The first-order valence-corrected chi connectivity index (χ1v) is 10.9. The van der Waals surface area contributed by atoms with Gasteiger partial charge in [0.15, 0.2) is 0 Å². The first-order valence-electron chi connectivity index (χ1n) is 10.9. The van der Waals surface area contributed by atoms with E-state index in [9.17, 15) is 4.79 Å². The molecule has 3 aromatic rings. The van der Waals surface area contributed by atoms with Gasteiger partial charge in [-0.3, -0.25) is 4.79 Å². The summed E-state index contributed by atoms with van der Waals surface area (Å²) >= 11 is 0. The molecule has 1 amide bonds. The van der Waals surface area contributed by atoms with Crippen molar-refractivity contribution in [3.8, 4) is 0 Å². The molecule has 0 bridgehead atoms. The highest BCUT2D eigenvalue weighted by molar-refractivity contribution is 6.07. The van der Waals surface area contributed by atoms with Crippen LogP contribution in [0.15, 0.2) is 36.4 Å². The number of anilines is 2. The predicted octanol–water partition coefficient (Wildman–Crippen LogP) is 5.45. The van der Waals surface area contributed by atoms with Crippen molar-refractivity contribution in [2.45, 2.75) is 46.0 Å². The van der Waals surface area contributed by atoms with Gasteiger partial charge in [-0.2, -0.15) is 0 Å². The number of H-pyrrole nitrogens is 1. The normalized spacial score (nSPS) is 18.8. The third kappa shape index (κ3) is 3.41. The van der Waals surface area contributed by atoms with Crippen LogP contribution in [0.25, 0.3) is 10.9 Å². The van der Waals surface area contributed by atoms with E-state index in [1.165, 1.54) is 41.6 Å². The Balaban J connectivity index is 1.39. The van der Waals surface area contributed by atoms with Gasteiger partial charge in [0.1, 0.15) is 0 Å². The monoisotopic (exact) mass is 387 g/mol. The summed E-state index contributed by atoms with van der Waals surface area (Å²) in [5, 5.41) is 4.33. The van der Waals surface area contributed by atoms with Crippen LogP contribution >= 0.6 is 0 Å². The minimum absolute atomic E-state index is 0.0391. The summed E-state index contributed by atoms with van der Waals surface area (Å²) in [6.07, 6.45) is 5.97. The van der Waals surface area contributed by atoms with Gasteiger partial charge >= 0.3 is 0 Å². The number of carbonyl (C=O) groups excluding carboxylic acids is 1. The molecule has 2 aromatic carbocycles. The first kappa shape index (κ1) is 18.3. The van der Waals surface area contributed by atoms with Crippen LogP contribution in [0.3, 0.4) is 0 Å². The highest BCUT2D eigenvalue weighted by Crippen LogP contribution is 2.32. The molecular formula is C25H29N3O. The van der Waals surface area contributed by atoms with Crippen LogP contribution in [0, 0.1) is 12.8 Å². The van der Waals surface area contributed by atoms with E-state index >= 15 is 0 Å². The van der Waals surface area contributed by atoms with Crippen molar-refractivity contribution < 1.29 is 4.79 Å². The molecule has 5 rings (SSSR count). The summed E-state index contributed by atoms with van der Waals surface area (Å²) in [5.41, 5.74) is 7.88. The molecule has 1 aliphatic carbocycles. The molecule has 4 heteroatoms. The van der Waals surface area contributed by atoms with E-state index in [1.807, 2.05) is 12.1 Å². The number of carbonyl (C=O) groups is 1. The second-order valence-electron chi connectivity index (χ2n) is 8.84. The first-order chi connectivity index (χ1) is 14.1. The average molecular weight is 388 g/mol. The van der Waals surface area contributed by atoms with Gasteiger partial charge in [0, 0.05) is 46.6 Å². The number of benzene rings is 2. The largest absolute Gasteiger partial charge is 0.372 e. The predicted molar refractivity (Wildman–Crippen MR) is 120 cm³/mol. The number of aromatic nitrogens is 1. The molecular weight excluding hydrogens is 358 g/mol. The molecule has 0 spiro atoms. The molecule has 1 aliphatic heterocycles. The molecule has 1 unspecified atom stereocenters. The van der Waals surface area contributed by atoms with Crippen molar-refractivity contribution in [2.75, 3.05) is 23.3 Å². The minimum Gasteiger partial charge on any atom is -0.372 e. The van der Waals surface area contributed by atoms with E-state index in [0.29, 0.717) is 5.92 Å². The van der Waals surface area contributed by atoms with Crippen molar-refractivity contribution >= 4 is 28.2 Å². The number of nitrogens with one attached hydrogen (secondary N) is 2. The molecule has 2 heterocycles. The fraction of sp³-hybridized carbons (Fsp3) is 0.400. The van der Waals surface area contributed by atoms with Crippen LogP contribution < -0.4 is 10.2 Å². The van der Waals surface area contributed by atoms with E-state index < -0.39 is 0 Å². The van der Waals surface area contributed by atoms with E-state index in [0.717, 1.165) is 48.3 Å². The maximum absolute atomic E-state index is 13.0. The average Bonchev–Trinajstić information content (AvgIpc) is 3.37. The van der Waals surface area contributed by atoms with E-state index in [1.54, 1.807) is 0 Å². The van der Waals surface area contributed by atoms with Gasteiger partial charge in [0.2, 0.25) is 0 Å². The summed E-state index contributed by atoms with van der Waals surface area (Å²) < 4.78 is 0. The maximum Gasteiger partial charge on any atom is 0.255 e. The molecule has 1 saturated heterocycles. The van der Waals surface area contributed by atoms with Crippen LogP contribution in [0.1, 0.15) is 53.4 Å². The lowest BCUT2D eigenvalue weighted by Crippen LogP contribution is -2.18. The van der Waals surface area contributed by atoms with Crippen molar-refractivity contribution in [1.82, 2.24) is 4.98 Å². The molecule has 1 atom stereocenters. The molecule has 4 nitrogen and oxygen atoms in total. The Labute approximate surface area is 172 Å². The Kier molecular flexibility index (Phi) is 4.57. The zero-order chi connectivity index (χ0) is 20.0. The topological polar surface area (TPSA) is 48.1 Å². The van der Waals surface area contributed by atoms with Crippen molar-refractivity contribution in [3.63, 3.8) is 0 Å². The van der Waals surface area contributed by atoms with Gasteiger partial charge in [0.05, 0.1) is 0 Å². The van der Waals surface area contributed by atoms with E-state index in [2.05, 4.69) is 53.3 Å². The molecule has 0 radical (unpaired) electrons. The summed E-state index contributed by atoms with van der Waals surface area (Å²) in [4.78, 5) is 19.0. The number of amides is 1. The highest BCUT2D eigenvalue weighted by Gasteiger charge is 2.21. The van der Waals surface area contributed by atoms with Gasteiger partial charge in [-0.25, -0.2) is 0 Å². The number of aryl methyl sites for hydroxylation is 2. The Morgan fingerprint density at radius 3 is 2.76 bits per heavy atom. The van der Waals surface area contributed by atoms with Crippen molar-refractivity contribution in [1.29, 1.82) is 0 Å². The second kappa shape index (κ2) is 7.25. The Bertz CT molecular complexity index is 1080. The third-order valence-electron chi connectivity index (χ3n) is 6.63. The van der Waals surface area contributed by atoms with Gasteiger partial charge < -0.3 is 15.2 Å². The van der Waals surface area contributed by atoms with Gasteiger partial charge in [-0.05, 0) is 92.5 Å². The number of nitrogens with zero attached hydrogens (tertiary/aromatic N) is 1. The molecule has 2 aliphatic rings. The smallest absolute Gasteiger partial charge is 0.255 e. The van der Waals surface area contributed by atoms with Gasteiger partial charge in [0.25, 0.3) is 5.91 Å². The van der Waals surface area contributed by atoms with Crippen LogP contribution in [0.5, 0.6) is 0 Å². The van der Waals surface area contributed by atoms with Crippen LogP contribution in [0.2, 0.25) is 0 Å². The fourth-order valence-electron chi connectivity index (χ4n) is 4.89. The maximum atomic E-state index is 13.0. The molecule has 1 fully saturated rings.